The number of hydrazine groups is 2. The summed E-state index contributed by atoms with van der Waals surface area (Å²) >= 11 is 2.98. The van der Waals surface area contributed by atoms with Gasteiger partial charge in [-0.2, -0.15) is 5.53 Å². The molecule has 0 radical (unpaired) electrons. The van der Waals surface area contributed by atoms with Crippen LogP contribution in [0.15, 0.2) is 48.5 Å². The van der Waals surface area contributed by atoms with Crippen LogP contribution in [-0.2, 0) is 30.3 Å². The highest BCUT2D eigenvalue weighted by atomic mass is 32.2. The largest absolute Gasteiger partial charge is 0.497 e. The summed E-state index contributed by atoms with van der Waals surface area (Å²) in [6.45, 7) is 10.2. The molecule has 4 aliphatic rings. The number of rotatable bonds is 24. The lowest BCUT2D eigenvalue weighted by atomic mass is 10.1. The average molecular weight is 932 g/mol. The number of methoxy groups -OCH3 is 1. The number of urea groups is 2. The van der Waals surface area contributed by atoms with Crippen molar-refractivity contribution in [1.29, 1.82) is 0 Å². The van der Waals surface area contributed by atoms with Gasteiger partial charge in [-0.3, -0.25) is 14.9 Å². The normalized spacial score (nSPS) is 23.2. The van der Waals surface area contributed by atoms with E-state index in [4.69, 9.17) is 23.7 Å². The van der Waals surface area contributed by atoms with E-state index >= 15 is 0 Å². The number of carbonyl (C=O) groups excluding carboxylic acids is 4. The number of nitrogens with one attached hydrogen (secondary N) is 8. The van der Waals surface area contributed by atoms with E-state index in [1.807, 2.05) is 53.2 Å². The van der Waals surface area contributed by atoms with Crippen LogP contribution >= 0.6 is 23.5 Å². The standard InChI is InChI=1S/C42H65N11O9S2/c1-29-23-44-40(56)47-39(29)64-36(38(55)43-24-30-4-8-34(58-3)9-5-30)27-61-21-20-60-19-18-59-17-16-53-25-33(49-50-53)26-62-35-10-6-31(7-11-35)45-41(57)48-42-46-32(28-63-42)22-37(54)52-14-12-51(2)13-15-52/h4-11,29,32-33,36,39,42,46,49-50H,12-28H2,1-3H3,(H,43,55)(H2,44,47,56)(H2,45,48,57)/t29?,32?,33?,36-,39?,42?/m0/s1. The molecule has 0 bridgehead atoms. The Balaban J connectivity index is 0.774. The molecule has 6 atom stereocenters. The van der Waals surface area contributed by atoms with Gasteiger partial charge in [0.15, 0.2) is 0 Å². The molecule has 4 fully saturated rings. The lowest BCUT2D eigenvalue weighted by Crippen LogP contribution is -2.54. The van der Waals surface area contributed by atoms with Gasteiger partial charge in [0, 0.05) is 82.2 Å². The molecule has 0 aliphatic carbocycles. The molecule has 22 heteroatoms. The van der Waals surface area contributed by atoms with Gasteiger partial charge >= 0.3 is 12.1 Å². The van der Waals surface area contributed by atoms with E-state index in [0.29, 0.717) is 77.1 Å². The molecule has 64 heavy (non-hydrogen) atoms. The summed E-state index contributed by atoms with van der Waals surface area (Å²) in [5.41, 5.74) is 7.71. The van der Waals surface area contributed by atoms with Gasteiger partial charge in [0.05, 0.1) is 58.2 Å². The summed E-state index contributed by atoms with van der Waals surface area (Å²) < 4.78 is 28.5. The minimum absolute atomic E-state index is 0.0218. The van der Waals surface area contributed by atoms with Crippen LogP contribution < -0.4 is 52.3 Å². The Kier molecular flexibility index (Phi) is 20.2. The molecule has 354 valence electrons. The summed E-state index contributed by atoms with van der Waals surface area (Å²) in [5, 5.41) is 19.1. The van der Waals surface area contributed by atoms with Gasteiger partial charge in [-0.25, -0.2) is 20.0 Å². The van der Waals surface area contributed by atoms with Crippen LogP contribution in [0.5, 0.6) is 11.5 Å². The van der Waals surface area contributed by atoms with Crippen molar-refractivity contribution in [2.45, 2.75) is 48.1 Å². The second kappa shape index (κ2) is 26.1. The van der Waals surface area contributed by atoms with E-state index in [1.165, 1.54) is 11.8 Å². The zero-order valence-corrected chi connectivity index (χ0v) is 38.6. The number of ether oxygens (including phenoxy) is 5. The van der Waals surface area contributed by atoms with E-state index in [2.05, 4.69) is 54.8 Å². The number of nitrogens with zero attached hydrogens (tertiary/aromatic N) is 3. The maximum atomic E-state index is 13.3. The predicted octanol–water partition coefficient (Wildman–Crippen LogP) is 0.785. The topological polar surface area (TPSA) is 220 Å². The molecule has 5 unspecified atom stereocenters. The fraction of sp³-hybridized carbons (Fsp3) is 0.619. The zero-order valence-electron chi connectivity index (χ0n) is 36.9. The summed E-state index contributed by atoms with van der Waals surface area (Å²) in [5.74, 6) is 2.31. The second-order valence-corrected chi connectivity index (χ2v) is 18.5. The minimum atomic E-state index is -0.533. The van der Waals surface area contributed by atoms with Crippen molar-refractivity contribution in [3.63, 3.8) is 0 Å². The third-order valence-electron chi connectivity index (χ3n) is 10.9. The lowest BCUT2D eigenvalue weighted by Gasteiger charge is -2.33. The highest BCUT2D eigenvalue weighted by molar-refractivity contribution is 8.01. The SMILES string of the molecule is COc1ccc(CNC(=O)[C@H](COCCOCCOCCN2CC(COc3ccc(NC(=O)NC4NC(CC(=O)N5CCN(C)CC5)CS4)cc3)NN2)SC2NC(=O)NCC2C)cc1. The number of anilines is 1. The molecule has 0 aromatic heterocycles. The Morgan fingerprint density at radius 1 is 0.922 bits per heavy atom. The van der Waals surface area contributed by atoms with Gasteiger partial charge in [0.1, 0.15) is 28.9 Å². The molecule has 6 amide bonds. The number of carbonyl (C=O) groups is 4. The number of benzene rings is 2. The van der Waals surface area contributed by atoms with Crippen molar-refractivity contribution in [3.8, 4) is 11.5 Å². The van der Waals surface area contributed by atoms with Crippen molar-refractivity contribution in [3.05, 3.63) is 54.1 Å². The second-order valence-electron chi connectivity index (χ2n) is 16.0. The van der Waals surface area contributed by atoms with E-state index < -0.39 is 5.25 Å². The van der Waals surface area contributed by atoms with Crippen LogP contribution in [0, 0.1) is 5.92 Å². The molecule has 6 rings (SSSR count). The van der Waals surface area contributed by atoms with Crippen LogP contribution in [0.4, 0.5) is 15.3 Å². The third-order valence-corrected chi connectivity index (χ3v) is 13.7. The van der Waals surface area contributed by atoms with Gasteiger partial charge in [0.2, 0.25) is 11.8 Å². The molecular formula is C42H65N11O9S2. The molecule has 2 aromatic carbocycles. The number of piperazine rings is 1. The fourth-order valence-corrected chi connectivity index (χ4v) is 9.47. The van der Waals surface area contributed by atoms with Crippen LogP contribution in [0.3, 0.4) is 0 Å². The van der Waals surface area contributed by atoms with Crippen molar-refractivity contribution in [2.75, 3.05) is 117 Å². The van der Waals surface area contributed by atoms with Crippen LogP contribution in [-0.4, -0.2) is 179 Å². The van der Waals surface area contributed by atoms with Crippen LogP contribution in [0.1, 0.15) is 18.9 Å². The Hall–Kier alpha value is -4.10. The van der Waals surface area contributed by atoms with Gasteiger partial charge in [0.25, 0.3) is 0 Å². The first kappa shape index (κ1) is 49.3. The van der Waals surface area contributed by atoms with Crippen molar-refractivity contribution >= 4 is 53.1 Å². The smallest absolute Gasteiger partial charge is 0.321 e. The van der Waals surface area contributed by atoms with Crippen molar-refractivity contribution in [1.82, 2.24) is 52.4 Å². The summed E-state index contributed by atoms with van der Waals surface area (Å²) in [7, 11) is 3.68. The lowest BCUT2D eigenvalue weighted by molar-refractivity contribution is -0.133. The summed E-state index contributed by atoms with van der Waals surface area (Å²) in [4.78, 5) is 54.8. The first-order chi connectivity index (χ1) is 31.1. The highest BCUT2D eigenvalue weighted by Crippen LogP contribution is 2.25. The predicted molar refractivity (Wildman–Crippen MR) is 246 cm³/mol. The summed E-state index contributed by atoms with van der Waals surface area (Å²) in [6, 6.07) is 14.2. The first-order valence-corrected chi connectivity index (χ1v) is 23.8. The number of likely N-dealkylation sites (N-methyl/N-ethyl adjacent to an activating group) is 1. The van der Waals surface area contributed by atoms with Crippen LogP contribution in [0.25, 0.3) is 0 Å². The summed E-state index contributed by atoms with van der Waals surface area (Å²) in [6.07, 6.45) is 0.428. The molecular weight excluding hydrogens is 867 g/mol. The quantitative estimate of drug-likeness (QED) is 0.0683. The fourth-order valence-electron chi connectivity index (χ4n) is 7.08. The minimum Gasteiger partial charge on any atom is -0.497 e. The van der Waals surface area contributed by atoms with Gasteiger partial charge in [-0.15, -0.1) is 23.5 Å². The Morgan fingerprint density at radius 3 is 2.39 bits per heavy atom. The molecule has 8 N–H and O–H groups in total. The van der Waals surface area contributed by atoms with Gasteiger partial charge in [-0.05, 0) is 49.0 Å². The third kappa shape index (κ3) is 16.7. The number of thioether (sulfide) groups is 2. The molecule has 4 saturated heterocycles. The maximum Gasteiger partial charge on any atom is 0.321 e. The van der Waals surface area contributed by atoms with Crippen molar-refractivity contribution in [2.24, 2.45) is 5.92 Å². The first-order valence-electron chi connectivity index (χ1n) is 21.8. The molecule has 4 heterocycles. The average Bonchev–Trinajstić information content (AvgIpc) is 3.95. The monoisotopic (exact) mass is 931 g/mol. The maximum absolute atomic E-state index is 13.3. The Morgan fingerprint density at radius 2 is 1.64 bits per heavy atom. The van der Waals surface area contributed by atoms with Crippen molar-refractivity contribution < 1.29 is 42.9 Å². The van der Waals surface area contributed by atoms with E-state index in [1.54, 1.807) is 31.0 Å². The van der Waals surface area contributed by atoms with E-state index in [0.717, 1.165) is 49.8 Å². The molecule has 4 aliphatic heterocycles. The molecule has 2 aromatic rings. The highest BCUT2D eigenvalue weighted by Gasteiger charge is 2.32. The molecule has 20 nitrogen and oxygen atoms in total. The van der Waals surface area contributed by atoms with E-state index in [-0.39, 0.29) is 59.4 Å². The molecule has 0 saturated carbocycles. The van der Waals surface area contributed by atoms with E-state index in [9.17, 15) is 19.2 Å². The number of hydrogen-bond acceptors (Lipinski definition) is 16. The Labute approximate surface area is 383 Å². The zero-order chi connectivity index (χ0) is 45.1. The van der Waals surface area contributed by atoms with Gasteiger partial charge < -0.3 is 60.1 Å². The number of hydrogen-bond donors (Lipinski definition) is 8. The molecule has 0 spiro atoms. The van der Waals surface area contributed by atoms with Gasteiger partial charge in [-0.1, -0.05) is 19.1 Å². The van der Waals surface area contributed by atoms with Crippen LogP contribution in [0.2, 0.25) is 0 Å². The number of amides is 6. The Bertz CT molecular complexity index is 1760.